The molecular formula is C15H15NS. The summed E-state index contributed by atoms with van der Waals surface area (Å²) in [5.41, 5.74) is 8.94. The lowest BCUT2D eigenvalue weighted by molar-refractivity contribution is 1.26. The van der Waals surface area contributed by atoms with Crippen LogP contribution in [0.5, 0.6) is 0 Å². The van der Waals surface area contributed by atoms with Crippen LogP contribution in [0.1, 0.15) is 5.56 Å². The smallest absolute Gasteiger partial charge is 0.0119 e. The van der Waals surface area contributed by atoms with E-state index in [-0.39, 0.29) is 0 Å². The molecule has 0 aliphatic rings. The maximum Gasteiger partial charge on any atom is 0.0119 e. The average molecular weight is 241 g/mol. The molecule has 0 radical (unpaired) electrons. The van der Waals surface area contributed by atoms with Crippen molar-refractivity contribution in [3.8, 4) is 11.1 Å². The van der Waals surface area contributed by atoms with Crippen molar-refractivity contribution in [3.63, 3.8) is 0 Å². The highest BCUT2D eigenvalue weighted by Crippen LogP contribution is 2.26. The highest BCUT2D eigenvalue weighted by atomic mass is 32.1. The van der Waals surface area contributed by atoms with E-state index in [4.69, 9.17) is 5.73 Å². The molecule has 17 heavy (non-hydrogen) atoms. The Kier molecular flexibility index (Phi) is 4.02. The van der Waals surface area contributed by atoms with Gasteiger partial charge in [0.15, 0.2) is 0 Å². The Morgan fingerprint density at radius 1 is 1.06 bits per heavy atom. The lowest BCUT2D eigenvalue weighted by Gasteiger charge is -2.05. The largest absolute Gasteiger partial charge is 0.327 e. The van der Waals surface area contributed by atoms with E-state index in [0.717, 1.165) is 16.0 Å². The molecule has 0 fully saturated rings. The first-order chi connectivity index (χ1) is 8.31. The van der Waals surface area contributed by atoms with Gasteiger partial charge in [-0.25, -0.2) is 0 Å². The average Bonchev–Trinajstić information content (AvgIpc) is 2.37. The maximum atomic E-state index is 5.45. The molecule has 0 bridgehead atoms. The predicted molar refractivity (Wildman–Crippen MR) is 77.2 cm³/mol. The number of rotatable bonds is 3. The third-order valence-electron chi connectivity index (χ3n) is 2.55. The fourth-order valence-electron chi connectivity index (χ4n) is 1.73. The van der Waals surface area contributed by atoms with Gasteiger partial charge >= 0.3 is 0 Å². The minimum absolute atomic E-state index is 0.563. The van der Waals surface area contributed by atoms with Crippen LogP contribution in [-0.2, 0) is 0 Å². The molecule has 2 aromatic rings. The summed E-state index contributed by atoms with van der Waals surface area (Å²) in [5.74, 6) is 0. The molecule has 2 heteroatoms. The molecule has 0 saturated carbocycles. The SMILES string of the molecule is NC/C=C/c1cccc(-c2ccccc2S)c1. The van der Waals surface area contributed by atoms with E-state index in [0.29, 0.717) is 6.54 Å². The topological polar surface area (TPSA) is 26.0 Å². The highest BCUT2D eigenvalue weighted by Gasteiger charge is 2.01. The molecule has 0 aromatic heterocycles. The van der Waals surface area contributed by atoms with Gasteiger partial charge in [-0.1, -0.05) is 48.6 Å². The zero-order chi connectivity index (χ0) is 12.1. The molecule has 0 amide bonds. The van der Waals surface area contributed by atoms with Gasteiger partial charge in [0.2, 0.25) is 0 Å². The molecule has 0 aliphatic carbocycles. The third-order valence-corrected chi connectivity index (χ3v) is 2.94. The standard InChI is InChI=1S/C15H15NS/c16-10-4-6-12-5-3-7-13(11-12)14-8-1-2-9-15(14)17/h1-9,11,17H,10,16H2/b6-4+. The lowest BCUT2D eigenvalue weighted by atomic mass is 10.0. The van der Waals surface area contributed by atoms with Gasteiger partial charge in [-0.15, -0.1) is 12.6 Å². The van der Waals surface area contributed by atoms with Crippen LogP contribution in [0.15, 0.2) is 59.5 Å². The predicted octanol–water partition coefficient (Wildman–Crippen LogP) is 3.61. The van der Waals surface area contributed by atoms with Gasteiger partial charge in [-0.2, -0.15) is 0 Å². The number of hydrogen-bond acceptors (Lipinski definition) is 2. The Balaban J connectivity index is 2.40. The van der Waals surface area contributed by atoms with Gasteiger partial charge in [-0.3, -0.25) is 0 Å². The Morgan fingerprint density at radius 2 is 1.88 bits per heavy atom. The van der Waals surface area contributed by atoms with Gasteiger partial charge in [0, 0.05) is 11.4 Å². The van der Waals surface area contributed by atoms with Crippen molar-refractivity contribution in [2.75, 3.05) is 6.54 Å². The van der Waals surface area contributed by atoms with Gasteiger partial charge in [0.25, 0.3) is 0 Å². The number of benzene rings is 2. The molecule has 0 unspecified atom stereocenters. The molecular weight excluding hydrogens is 226 g/mol. The molecule has 86 valence electrons. The molecule has 0 atom stereocenters. The molecule has 0 saturated heterocycles. The van der Waals surface area contributed by atoms with Gasteiger partial charge < -0.3 is 5.73 Å². The Morgan fingerprint density at radius 3 is 2.65 bits per heavy atom. The second kappa shape index (κ2) is 5.71. The number of hydrogen-bond donors (Lipinski definition) is 2. The molecule has 0 heterocycles. The van der Waals surface area contributed by atoms with E-state index in [1.807, 2.05) is 36.4 Å². The highest BCUT2D eigenvalue weighted by molar-refractivity contribution is 7.80. The Labute approximate surface area is 107 Å². The monoisotopic (exact) mass is 241 g/mol. The fraction of sp³-hybridized carbons (Fsp3) is 0.0667. The molecule has 1 nitrogen and oxygen atoms in total. The summed E-state index contributed by atoms with van der Waals surface area (Å²) in [7, 11) is 0. The van der Waals surface area contributed by atoms with Crippen LogP contribution in [0.4, 0.5) is 0 Å². The van der Waals surface area contributed by atoms with E-state index >= 15 is 0 Å². The van der Waals surface area contributed by atoms with Crippen LogP contribution in [0, 0.1) is 0 Å². The Bertz CT molecular complexity index is 532. The first kappa shape index (κ1) is 12.0. The molecule has 2 rings (SSSR count). The zero-order valence-corrected chi connectivity index (χ0v) is 10.4. The normalized spacial score (nSPS) is 10.9. The van der Waals surface area contributed by atoms with Crippen molar-refractivity contribution in [1.29, 1.82) is 0 Å². The zero-order valence-electron chi connectivity index (χ0n) is 9.51. The minimum Gasteiger partial charge on any atom is -0.327 e. The summed E-state index contributed by atoms with van der Waals surface area (Å²) in [5, 5.41) is 0. The van der Waals surface area contributed by atoms with Gasteiger partial charge in [-0.05, 0) is 28.8 Å². The summed E-state index contributed by atoms with van der Waals surface area (Å²) in [6.45, 7) is 0.563. The van der Waals surface area contributed by atoms with E-state index in [9.17, 15) is 0 Å². The van der Waals surface area contributed by atoms with Crippen molar-refractivity contribution < 1.29 is 0 Å². The van der Waals surface area contributed by atoms with Crippen molar-refractivity contribution in [2.45, 2.75) is 4.90 Å². The van der Waals surface area contributed by atoms with Gasteiger partial charge in [0.1, 0.15) is 0 Å². The van der Waals surface area contributed by atoms with Crippen molar-refractivity contribution in [2.24, 2.45) is 5.73 Å². The van der Waals surface area contributed by atoms with Crippen molar-refractivity contribution >= 4 is 18.7 Å². The summed E-state index contributed by atoms with van der Waals surface area (Å²) < 4.78 is 0. The second-order valence-electron chi connectivity index (χ2n) is 3.78. The maximum absolute atomic E-state index is 5.45. The van der Waals surface area contributed by atoms with Crippen LogP contribution in [0.3, 0.4) is 0 Å². The van der Waals surface area contributed by atoms with Gasteiger partial charge in [0.05, 0.1) is 0 Å². The van der Waals surface area contributed by atoms with Crippen LogP contribution in [-0.4, -0.2) is 6.54 Å². The summed E-state index contributed by atoms with van der Waals surface area (Å²) >= 11 is 4.48. The molecule has 0 spiro atoms. The summed E-state index contributed by atoms with van der Waals surface area (Å²) in [6, 6.07) is 16.4. The van der Waals surface area contributed by atoms with E-state index in [1.165, 1.54) is 5.56 Å². The first-order valence-electron chi connectivity index (χ1n) is 5.56. The fourth-order valence-corrected chi connectivity index (χ4v) is 2.02. The van der Waals surface area contributed by atoms with E-state index < -0.39 is 0 Å². The van der Waals surface area contributed by atoms with E-state index in [1.54, 1.807) is 0 Å². The third kappa shape index (κ3) is 2.99. The Hall–Kier alpha value is -1.51. The van der Waals surface area contributed by atoms with Crippen LogP contribution in [0.2, 0.25) is 0 Å². The molecule has 0 aliphatic heterocycles. The van der Waals surface area contributed by atoms with Crippen molar-refractivity contribution in [3.05, 3.63) is 60.2 Å². The minimum atomic E-state index is 0.563. The summed E-state index contributed by atoms with van der Waals surface area (Å²) in [4.78, 5) is 0.993. The quantitative estimate of drug-likeness (QED) is 0.789. The van der Waals surface area contributed by atoms with Crippen LogP contribution in [0.25, 0.3) is 17.2 Å². The number of thiol groups is 1. The van der Waals surface area contributed by atoms with Crippen LogP contribution >= 0.6 is 12.6 Å². The van der Waals surface area contributed by atoms with Crippen molar-refractivity contribution in [1.82, 2.24) is 0 Å². The van der Waals surface area contributed by atoms with E-state index in [2.05, 4.69) is 36.9 Å². The lowest BCUT2D eigenvalue weighted by Crippen LogP contribution is -1.91. The first-order valence-corrected chi connectivity index (χ1v) is 6.01. The second-order valence-corrected chi connectivity index (χ2v) is 4.26. The van der Waals surface area contributed by atoms with Crippen LogP contribution < -0.4 is 5.73 Å². The number of nitrogens with two attached hydrogens (primary N) is 1. The molecule has 2 aromatic carbocycles. The summed E-state index contributed by atoms with van der Waals surface area (Å²) in [6.07, 6.45) is 3.98. The molecule has 2 N–H and O–H groups in total.